The van der Waals surface area contributed by atoms with Crippen LogP contribution >= 0.6 is 15.9 Å². The highest BCUT2D eigenvalue weighted by Crippen LogP contribution is 2.24. The molecule has 2 aromatic heterocycles. The normalized spacial score (nSPS) is 14.8. The minimum absolute atomic E-state index is 0.0171. The number of aromatic nitrogens is 3. The summed E-state index contributed by atoms with van der Waals surface area (Å²) in [6.07, 6.45) is 2.34. The molecular weight excluding hydrogens is 568 g/mol. The van der Waals surface area contributed by atoms with Gasteiger partial charge < -0.3 is 26.4 Å². The van der Waals surface area contributed by atoms with Gasteiger partial charge in [0, 0.05) is 30.2 Å². The van der Waals surface area contributed by atoms with E-state index in [0.29, 0.717) is 27.0 Å². The van der Waals surface area contributed by atoms with E-state index in [1.54, 1.807) is 36.4 Å². The van der Waals surface area contributed by atoms with Crippen LogP contribution in [0.5, 0.6) is 0 Å². The quantitative estimate of drug-likeness (QED) is 0.204. The lowest BCUT2D eigenvalue weighted by Crippen LogP contribution is -2.44. The number of piperidine rings is 1. The fourth-order valence-electron chi connectivity index (χ4n) is 4.57. The molecule has 1 aliphatic rings. The molecule has 0 bridgehead atoms. The molecule has 1 unspecified atom stereocenters. The Labute approximate surface area is 234 Å². The number of benzene rings is 1. The van der Waals surface area contributed by atoms with Gasteiger partial charge in [-0.3, -0.25) is 24.0 Å². The zero-order chi connectivity index (χ0) is 28.1. The van der Waals surface area contributed by atoms with E-state index in [1.807, 2.05) is 18.7 Å². The SMILES string of the molecule is CC(C)N(CC(=O)Nc1cccc(Br)n1)C(=O)Cn1nc(C(N)=O)c2cc(NC(O)N3CCCCC3)ccc21. The van der Waals surface area contributed by atoms with Gasteiger partial charge in [0.1, 0.15) is 23.5 Å². The zero-order valence-electron chi connectivity index (χ0n) is 21.9. The van der Waals surface area contributed by atoms with Crippen molar-refractivity contribution in [3.05, 3.63) is 46.7 Å². The fraction of sp³-hybridized carbons (Fsp3) is 0.423. The number of nitrogens with two attached hydrogens (primary N) is 1. The molecule has 1 aromatic carbocycles. The standard InChI is InChI=1S/C26H33BrN8O4/c1-16(2)34(14-22(36)31-21-8-6-7-20(27)30-21)23(37)15-35-19-10-9-17(13-18(19)24(32-35)25(28)38)29-26(39)33-11-4-3-5-12-33/h6-10,13,16,26,29,39H,3-5,11-12,14-15H2,1-2H3,(H2,28,38)(H,30,31,36). The van der Waals surface area contributed by atoms with Crippen LogP contribution in [0, 0.1) is 0 Å². The highest BCUT2D eigenvalue weighted by Gasteiger charge is 2.24. The smallest absolute Gasteiger partial charge is 0.269 e. The molecular formula is C26H33BrN8O4. The second-order valence-electron chi connectivity index (χ2n) is 9.73. The zero-order valence-corrected chi connectivity index (χ0v) is 23.5. The number of pyridine rings is 1. The minimum atomic E-state index is -0.866. The molecule has 3 amide bonds. The van der Waals surface area contributed by atoms with Crippen LogP contribution in [-0.4, -0.2) is 79.4 Å². The van der Waals surface area contributed by atoms with E-state index < -0.39 is 18.2 Å². The number of halogens is 1. The van der Waals surface area contributed by atoms with Gasteiger partial charge in [-0.1, -0.05) is 12.5 Å². The summed E-state index contributed by atoms with van der Waals surface area (Å²) in [6.45, 7) is 4.83. The second kappa shape index (κ2) is 12.5. The van der Waals surface area contributed by atoms with Crippen LogP contribution in [0.4, 0.5) is 11.5 Å². The molecule has 1 fully saturated rings. The summed E-state index contributed by atoms with van der Waals surface area (Å²) in [6, 6.07) is 10.0. The molecule has 0 aliphatic carbocycles. The number of aliphatic hydroxyl groups excluding tert-OH is 1. The van der Waals surface area contributed by atoms with Gasteiger partial charge in [-0.25, -0.2) is 4.98 Å². The van der Waals surface area contributed by atoms with Crippen molar-refractivity contribution < 1.29 is 19.5 Å². The summed E-state index contributed by atoms with van der Waals surface area (Å²) in [5.41, 5.74) is 6.74. The van der Waals surface area contributed by atoms with E-state index >= 15 is 0 Å². The predicted molar refractivity (Wildman–Crippen MR) is 151 cm³/mol. The number of rotatable bonds is 10. The first kappa shape index (κ1) is 28.5. The van der Waals surface area contributed by atoms with E-state index in [9.17, 15) is 19.5 Å². The van der Waals surface area contributed by atoms with Crippen molar-refractivity contribution >= 4 is 56.1 Å². The molecule has 3 heterocycles. The highest BCUT2D eigenvalue weighted by atomic mass is 79.9. The van der Waals surface area contributed by atoms with Crippen molar-refractivity contribution in [2.75, 3.05) is 30.3 Å². The first-order chi connectivity index (χ1) is 18.6. The molecule has 1 atom stereocenters. The van der Waals surface area contributed by atoms with E-state index in [2.05, 4.69) is 36.6 Å². The van der Waals surface area contributed by atoms with Crippen molar-refractivity contribution in [1.29, 1.82) is 0 Å². The lowest BCUT2D eigenvalue weighted by atomic mass is 10.1. The Morgan fingerprint density at radius 3 is 2.56 bits per heavy atom. The maximum atomic E-state index is 13.3. The van der Waals surface area contributed by atoms with Crippen LogP contribution < -0.4 is 16.4 Å². The molecule has 13 heteroatoms. The van der Waals surface area contributed by atoms with Crippen molar-refractivity contribution in [1.82, 2.24) is 24.6 Å². The first-order valence-electron chi connectivity index (χ1n) is 12.8. The number of nitrogens with one attached hydrogen (secondary N) is 2. The van der Waals surface area contributed by atoms with E-state index in [4.69, 9.17) is 5.73 Å². The molecule has 3 aromatic rings. The summed E-state index contributed by atoms with van der Waals surface area (Å²) in [7, 11) is 0. The number of nitrogens with zero attached hydrogens (tertiary/aromatic N) is 5. The minimum Gasteiger partial charge on any atom is -0.364 e. The third-order valence-corrected chi connectivity index (χ3v) is 6.98. The summed E-state index contributed by atoms with van der Waals surface area (Å²) in [4.78, 5) is 45.7. The van der Waals surface area contributed by atoms with Crippen molar-refractivity contribution in [2.45, 2.75) is 52.0 Å². The van der Waals surface area contributed by atoms with E-state index in [0.717, 1.165) is 32.4 Å². The lowest BCUT2D eigenvalue weighted by molar-refractivity contribution is -0.137. The molecule has 1 saturated heterocycles. The first-order valence-corrected chi connectivity index (χ1v) is 13.6. The number of amides is 3. The van der Waals surface area contributed by atoms with E-state index in [1.165, 1.54) is 9.58 Å². The Morgan fingerprint density at radius 1 is 1.15 bits per heavy atom. The summed E-state index contributed by atoms with van der Waals surface area (Å²) < 4.78 is 1.98. The Hall–Kier alpha value is -3.55. The summed E-state index contributed by atoms with van der Waals surface area (Å²) >= 11 is 3.26. The van der Waals surface area contributed by atoms with Gasteiger partial charge in [0.25, 0.3) is 5.91 Å². The van der Waals surface area contributed by atoms with Crippen molar-refractivity contribution in [2.24, 2.45) is 5.73 Å². The average Bonchev–Trinajstić information content (AvgIpc) is 3.25. The van der Waals surface area contributed by atoms with Crippen LogP contribution in [0.1, 0.15) is 43.6 Å². The lowest BCUT2D eigenvalue weighted by Gasteiger charge is -2.31. The van der Waals surface area contributed by atoms with Gasteiger partial charge in [0.05, 0.1) is 5.52 Å². The van der Waals surface area contributed by atoms with Gasteiger partial charge >= 0.3 is 0 Å². The molecule has 39 heavy (non-hydrogen) atoms. The Balaban J connectivity index is 1.50. The number of primary amides is 1. The number of fused-ring (bicyclic) bond motifs is 1. The Morgan fingerprint density at radius 2 is 1.90 bits per heavy atom. The van der Waals surface area contributed by atoms with Crippen LogP contribution in [-0.2, 0) is 16.1 Å². The number of hydrogen-bond acceptors (Lipinski definition) is 8. The molecule has 0 spiro atoms. The number of anilines is 2. The average molecular weight is 602 g/mol. The molecule has 4 rings (SSSR count). The molecule has 0 radical (unpaired) electrons. The summed E-state index contributed by atoms with van der Waals surface area (Å²) in [5, 5.41) is 21.1. The largest absolute Gasteiger partial charge is 0.364 e. The molecule has 0 saturated carbocycles. The van der Waals surface area contributed by atoms with E-state index in [-0.39, 0.29) is 30.7 Å². The van der Waals surface area contributed by atoms with Crippen LogP contribution in [0.2, 0.25) is 0 Å². The van der Waals surface area contributed by atoms with Gasteiger partial charge in [0.2, 0.25) is 11.8 Å². The molecule has 208 valence electrons. The monoisotopic (exact) mass is 600 g/mol. The molecule has 1 aliphatic heterocycles. The third kappa shape index (κ3) is 7.11. The van der Waals surface area contributed by atoms with Crippen LogP contribution in [0.15, 0.2) is 41.0 Å². The Kier molecular flexibility index (Phi) is 9.15. The maximum absolute atomic E-state index is 13.3. The van der Waals surface area contributed by atoms with Gasteiger partial charge in [-0.05, 0) is 73.0 Å². The predicted octanol–water partition coefficient (Wildman–Crippen LogP) is 2.34. The topological polar surface area (TPSA) is 159 Å². The van der Waals surface area contributed by atoms with Gasteiger partial charge in [-0.15, -0.1) is 0 Å². The summed E-state index contributed by atoms with van der Waals surface area (Å²) in [5.74, 6) is -1.12. The van der Waals surface area contributed by atoms with Crippen LogP contribution in [0.3, 0.4) is 0 Å². The fourth-order valence-corrected chi connectivity index (χ4v) is 4.91. The maximum Gasteiger partial charge on any atom is 0.269 e. The van der Waals surface area contributed by atoms with Gasteiger partial charge in [0.15, 0.2) is 12.0 Å². The van der Waals surface area contributed by atoms with Crippen LogP contribution in [0.25, 0.3) is 10.9 Å². The Bertz CT molecular complexity index is 1350. The molecule has 12 nitrogen and oxygen atoms in total. The number of likely N-dealkylation sites (tertiary alicyclic amines) is 1. The van der Waals surface area contributed by atoms with Crippen molar-refractivity contribution in [3.63, 3.8) is 0 Å². The van der Waals surface area contributed by atoms with Crippen molar-refractivity contribution in [3.8, 4) is 0 Å². The molecule has 5 N–H and O–H groups in total. The number of aliphatic hydroxyl groups is 1. The number of hydrogen-bond donors (Lipinski definition) is 4. The van der Waals surface area contributed by atoms with Gasteiger partial charge in [-0.2, -0.15) is 5.10 Å². The third-order valence-electron chi connectivity index (χ3n) is 6.54. The second-order valence-corrected chi connectivity index (χ2v) is 10.5. The number of carbonyl (C=O) groups is 3. The highest BCUT2D eigenvalue weighted by molar-refractivity contribution is 9.10. The number of carbonyl (C=O) groups excluding carboxylic acids is 3.